The van der Waals surface area contributed by atoms with Gasteiger partial charge in [0.15, 0.2) is 5.96 Å². The maximum absolute atomic E-state index is 12.1. The van der Waals surface area contributed by atoms with E-state index >= 15 is 0 Å². The third-order valence-electron chi connectivity index (χ3n) is 3.76. The molecule has 0 unspecified atom stereocenters. The SMILES string of the molecule is CCNC(=O)C(C)(C)CNC(=NCC(=O)N(C)C)NCCc1ccco1.I. The zero-order chi connectivity index (χ0) is 19.6. The molecule has 9 heteroatoms. The number of rotatable bonds is 9. The van der Waals surface area contributed by atoms with Gasteiger partial charge >= 0.3 is 0 Å². The molecule has 0 aliphatic rings. The van der Waals surface area contributed by atoms with Gasteiger partial charge < -0.3 is 25.3 Å². The van der Waals surface area contributed by atoms with E-state index in [1.807, 2.05) is 32.9 Å². The number of halogens is 1. The minimum Gasteiger partial charge on any atom is -0.469 e. The van der Waals surface area contributed by atoms with Crippen LogP contribution in [0.1, 0.15) is 26.5 Å². The average molecular weight is 493 g/mol. The molecule has 0 bridgehead atoms. The third-order valence-corrected chi connectivity index (χ3v) is 3.76. The van der Waals surface area contributed by atoms with Crippen molar-refractivity contribution >= 4 is 41.8 Å². The summed E-state index contributed by atoms with van der Waals surface area (Å²) in [6.45, 7) is 7.20. The highest BCUT2D eigenvalue weighted by Crippen LogP contribution is 2.13. The number of likely N-dealkylation sites (N-methyl/N-ethyl adjacent to an activating group) is 1. The quantitative estimate of drug-likeness (QED) is 0.273. The summed E-state index contributed by atoms with van der Waals surface area (Å²) in [7, 11) is 3.38. The van der Waals surface area contributed by atoms with Crippen molar-refractivity contribution in [1.29, 1.82) is 0 Å². The smallest absolute Gasteiger partial charge is 0.243 e. The Labute approximate surface area is 178 Å². The summed E-state index contributed by atoms with van der Waals surface area (Å²) in [6.07, 6.45) is 2.32. The number of furan rings is 1. The Balaban J connectivity index is 0.00000676. The van der Waals surface area contributed by atoms with E-state index in [9.17, 15) is 9.59 Å². The number of nitrogens with one attached hydrogen (secondary N) is 3. The average Bonchev–Trinajstić information content (AvgIpc) is 3.10. The number of guanidine groups is 1. The molecule has 8 nitrogen and oxygen atoms in total. The summed E-state index contributed by atoms with van der Waals surface area (Å²) in [4.78, 5) is 29.7. The molecule has 0 aliphatic heterocycles. The monoisotopic (exact) mass is 493 g/mol. The van der Waals surface area contributed by atoms with Crippen LogP contribution in [-0.4, -0.2) is 62.9 Å². The minimum absolute atomic E-state index is 0. The van der Waals surface area contributed by atoms with Crippen molar-refractivity contribution in [3.63, 3.8) is 0 Å². The van der Waals surface area contributed by atoms with Gasteiger partial charge in [0.2, 0.25) is 11.8 Å². The highest BCUT2D eigenvalue weighted by molar-refractivity contribution is 14.0. The highest BCUT2D eigenvalue weighted by Gasteiger charge is 2.27. The molecule has 0 aromatic carbocycles. The normalized spacial score (nSPS) is 11.4. The topological polar surface area (TPSA) is 99.0 Å². The lowest BCUT2D eigenvalue weighted by atomic mass is 9.92. The van der Waals surface area contributed by atoms with Crippen molar-refractivity contribution in [2.45, 2.75) is 27.2 Å². The number of hydrogen-bond donors (Lipinski definition) is 3. The molecule has 0 aliphatic carbocycles. The summed E-state index contributed by atoms with van der Waals surface area (Å²) >= 11 is 0. The van der Waals surface area contributed by atoms with Gasteiger partial charge in [-0.1, -0.05) is 0 Å². The van der Waals surface area contributed by atoms with Crippen molar-refractivity contribution in [2.75, 3.05) is 40.3 Å². The minimum atomic E-state index is -0.606. The number of carbonyl (C=O) groups excluding carboxylic acids is 2. The third kappa shape index (κ3) is 9.64. The van der Waals surface area contributed by atoms with Crippen molar-refractivity contribution in [3.8, 4) is 0 Å². The predicted molar refractivity (Wildman–Crippen MR) is 117 cm³/mol. The summed E-state index contributed by atoms with van der Waals surface area (Å²) in [5.41, 5.74) is -0.606. The van der Waals surface area contributed by atoms with E-state index in [-0.39, 0.29) is 42.3 Å². The van der Waals surface area contributed by atoms with Crippen LogP contribution in [0.5, 0.6) is 0 Å². The Morgan fingerprint density at radius 3 is 2.48 bits per heavy atom. The zero-order valence-corrected chi connectivity index (χ0v) is 19.1. The van der Waals surface area contributed by atoms with Crippen molar-refractivity contribution < 1.29 is 14.0 Å². The second-order valence-electron chi connectivity index (χ2n) is 6.81. The first-order valence-corrected chi connectivity index (χ1v) is 8.79. The molecule has 1 heterocycles. The Morgan fingerprint density at radius 1 is 1.22 bits per heavy atom. The number of nitrogens with zero attached hydrogens (tertiary/aromatic N) is 2. The van der Waals surface area contributed by atoms with Crippen LogP contribution in [0, 0.1) is 5.41 Å². The van der Waals surface area contributed by atoms with Gasteiger partial charge in [-0.05, 0) is 32.9 Å². The first kappa shape index (κ1) is 25.2. The van der Waals surface area contributed by atoms with E-state index < -0.39 is 5.41 Å². The molecule has 3 N–H and O–H groups in total. The molecule has 154 valence electrons. The van der Waals surface area contributed by atoms with Crippen LogP contribution in [0.2, 0.25) is 0 Å². The number of carbonyl (C=O) groups is 2. The van der Waals surface area contributed by atoms with Gasteiger partial charge in [0.05, 0.1) is 11.7 Å². The molecule has 0 spiro atoms. The molecular formula is C18H32IN5O3. The maximum Gasteiger partial charge on any atom is 0.243 e. The lowest BCUT2D eigenvalue weighted by molar-refractivity contribution is -0.129. The molecule has 27 heavy (non-hydrogen) atoms. The fraction of sp³-hybridized carbons (Fsp3) is 0.611. The van der Waals surface area contributed by atoms with Gasteiger partial charge in [-0.3, -0.25) is 9.59 Å². The molecule has 0 saturated carbocycles. The molecule has 0 fully saturated rings. The predicted octanol–water partition coefficient (Wildman–Crippen LogP) is 1.23. The Kier molecular flexibility index (Phi) is 11.7. The Bertz CT molecular complexity index is 600. The van der Waals surface area contributed by atoms with Crippen LogP contribution >= 0.6 is 24.0 Å². The summed E-state index contributed by atoms with van der Waals surface area (Å²) in [5, 5.41) is 9.15. The number of hydrogen-bond acceptors (Lipinski definition) is 4. The zero-order valence-electron chi connectivity index (χ0n) is 16.8. The second kappa shape index (κ2) is 12.6. The summed E-state index contributed by atoms with van der Waals surface area (Å²) in [5.74, 6) is 1.22. The van der Waals surface area contributed by atoms with Crippen molar-refractivity contribution in [1.82, 2.24) is 20.9 Å². The molecule has 1 aromatic heterocycles. The van der Waals surface area contributed by atoms with Crippen LogP contribution in [-0.2, 0) is 16.0 Å². The molecule has 0 radical (unpaired) electrons. The van der Waals surface area contributed by atoms with Gasteiger partial charge in [-0.15, -0.1) is 24.0 Å². The molecular weight excluding hydrogens is 461 g/mol. The maximum atomic E-state index is 12.1. The van der Waals surface area contributed by atoms with Crippen LogP contribution in [0.3, 0.4) is 0 Å². The van der Waals surface area contributed by atoms with E-state index in [1.165, 1.54) is 4.90 Å². The first-order chi connectivity index (χ1) is 12.3. The van der Waals surface area contributed by atoms with E-state index in [0.717, 1.165) is 5.76 Å². The number of amides is 2. The molecule has 1 rings (SSSR count). The van der Waals surface area contributed by atoms with E-state index in [4.69, 9.17) is 4.42 Å². The van der Waals surface area contributed by atoms with E-state index in [0.29, 0.717) is 32.0 Å². The van der Waals surface area contributed by atoms with Crippen molar-refractivity contribution in [3.05, 3.63) is 24.2 Å². The van der Waals surface area contributed by atoms with Crippen LogP contribution in [0.15, 0.2) is 27.8 Å². The van der Waals surface area contributed by atoms with Crippen LogP contribution < -0.4 is 16.0 Å². The lowest BCUT2D eigenvalue weighted by Crippen LogP contribution is -2.48. The van der Waals surface area contributed by atoms with Gasteiger partial charge in [-0.25, -0.2) is 4.99 Å². The fourth-order valence-corrected chi connectivity index (χ4v) is 2.01. The second-order valence-corrected chi connectivity index (χ2v) is 6.81. The fourth-order valence-electron chi connectivity index (χ4n) is 2.01. The van der Waals surface area contributed by atoms with Crippen LogP contribution in [0.4, 0.5) is 0 Å². The van der Waals surface area contributed by atoms with Crippen molar-refractivity contribution in [2.24, 2.45) is 10.4 Å². The highest BCUT2D eigenvalue weighted by atomic mass is 127. The Morgan fingerprint density at radius 2 is 1.93 bits per heavy atom. The standard InChI is InChI=1S/C18H31N5O3.HI/c1-6-19-16(25)18(2,3)13-22-17(21-12-15(24)23(4)5)20-10-9-14-8-7-11-26-14;/h7-8,11H,6,9-10,12-13H2,1-5H3,(H,19,25)(H2,20,21,22);1H. The van der Waals surface area contributed by atoms with E-state index in [1.54, 1.807) is 20.4 Å². The van der Waals surface area contributed by atoms with Crippen LogP contribution in [0.25, 0.3) is 0 Å². The summed E-state index contributed by atoms with van der Waals surface area (Å²) in [6, 6.07) is 3.74. The molecule has 2 amide bonds. The molecule has 1 aromatic rings. The first-order valence-electron chi connectivity index (χ1n) is 8.79. The molecule has 0 atom stereocenters. The van der Waals surface area contributed by atoms with E-state index in [2.05, 4.69) is 20.9 Å². The van der Waals surface area contributed by atoms with Gasteiger partial charge in [0, 0.05) is 40.2 Å². The van der Waals surface area contributed by atoms with Gasteiger partial charge in [0.1, 0.15) is 12.3 Å². The molecule has 0 saturated heterocycles. The summed E-state index contributed by atoms with van der Waals surface area (Å²) < 4.78 is 5.30. The van der Waals surface area contributed by atoms with Gasteiger partial charge in [0.25, 0.3) is 0 Å². The lowest BCUT2D eigenvalue weighted by Gasteiger charge is -2.25. The Hall–Kier alpha value is -1.78. The van der Waals surface area contributed by atoms with Gasteiger partial charge in [-0.2, -0.15) is 0 Å². The largest absolute Gasteiger partial charge is 0.469 e. The number of aliphatic imine (C=N–C) groups is 1.